The van der Waals surface area contributed by atoms with Crippen LogP contribution < -0.4 is 14.8 Å². The third-order valence-corrected chi connectivity index (χ3v) is 5.03. The second-order valence-corrected chi connectivity index (χ2v) is 7.33. The van der Waals surface area contributed by atoms with Crippen LogP contribution in [0.15, 0.2) is 47.4 Å². The molecular weight excluding hydrogens is 359 g/mol. The van der Waals surface area contributed by atoms with Crippen LogP contribution in [0.5, 0.6) is 5.75 Å². The van der Waals surface area contributed by atoms with Crippen molar-refractivity contribution in [3.05, 3.63) is 53.8 Å². The number of hydrogen-bond acceptors (Lipinski definition) is 4. The van der Waals surface area contributed by atoms with Gasteiger partial charge in [-0.2, -0.15) is 0 Å². The summed E-state index contributed by atoms with van der Waals surface area (Å²) in [6, 6.07) is 10.0. The Balaban J connectivity index is 1.88. The van der Waals surface area contributed by atoms with E-state index in [4.69, 9.17) is 4.74 Å². The minimum atomic E-state index is -3.71. The molecule has 140 valence electrons. The van der Waals surface area contributed by atoms with Gasteiger partial charge in [0.2, 0.25) is 15.9 Å². The highest BCUT2D eigenvalue weighted by Crippen LogP contribution is 2.17. The number of sulfonamides is 1. The molecule has 0 heterocycles. The van der Waals surface area contributed by atoms with E-state index in [1.165, 1.54) is 30.3 Å². The number of nitrogens with one attached hydrogen (secondary N) is 2. The van der Waals surface area contributed by atoms with Crippen molar-refractivity contribution in [2.24, 2.45) is 0 Å². The fourth-order valence-electron chi connectivity index (χ4n) is 2.24. The van der Waals surface area contributed by atoms with E-state index in [-0.39, 0.29) is 29.6 Å². The van der Waals surface area contributed by atoms with Gasteiger partial charge >= 0.3 is 0 Å². The first kappa shape index (κ1) is 19.9. The van der Waals surface area contributed by atoms with E-state index in [2.05, 4.69) is 10.0 Å². The summed E-state index contributed by atoms with van der Waals surface area (Å²) in [6.07, 6.45) is -0.0485. The van der Waals surface area contributed by atoms with Crippen LogP contribution in [0.25, 0.3) is 0 Å². The predicted molar refractivity (Wildman–Crippen MR) is 97.2 cm³/mol. The number of anilines is 1. The highest BCUT2D eigenvalue weighted by atomic mass is 32.2. The molecule has 0 saturated carbocycles. The molecule has 6 nitrogen and oxygen atoms in total. The summed E-state index contributed by atoms with van der Waals surface area (Å²) in [5.41, 5.74) is 1.08. The molecule has 2 aromatic carbocycles. The molecule has 2 rings (SSSR count). The van der Waals surface area contributed by atoms with Crippen molar-refractivity contribution in [3.63, 3.8) is 0 Å². The molecule has 8 heteroatoms. The number of carbonyl (C=O) groups is 1. The van der Waals surface area contributed by atoms with Gasteiger partial charge in [0.05, 0.1) is 11.5 Å². The van der Waals surface area contributed by atoms with Gasteiger partial charge < -0.3 is 10.1 Å². The van der Waals surface area contributed by atoms with E-state index in [0.29, 0.717) is 23.6 Å². The molecule has 0 fully saturated rings. The van der Waals surface area contributed by atoms with Gasteiger partial charge in [-0.15, -0.1) is 0 Å². The van der Waals surface area contributed by atoms with Gasteiger partial charge in [-0.3, -0.25) is 4.79 Å². The lowest BCUT2D eigenvalue weighted by molar-refractivity contribution is -0.116. The summed E-state index contributed by atoms with van der Waals surface area (Å²) in [5, 5.41) is 2.63. The van der Waals surface area contributed by atoms with Crippen LogP contribution in [0.2, 0.25) is 0 Å². The molecular formula is C18H21FN2O4S. The van der Waals surface area contributed by atoms with Crippen LogP contribution in [-0.2, 0) is 14.8 Å². The molecule has 0 aliphatic rings. The van der Waals surface area contributed by atoms with E-state index in [9.17, 15) is 17.6 Å². The Bertz CT molecular complexity index is 867. The van der Waals surface area contributed by atoms with Crippen molar-refractivity contribution in [1.29, 1.82) is 0 Å². The summed E-state index contributed by atoms with van der Waals surface area (Å²) in [5.74, 6) is -0.168. The SMILES string of the molecule is CCOc1ccc(S(=O)(=O)NCCC(=O)Nc2ccc(F)cc2C)cc1. The molecule has 0 saturated heterocycles. The average molecular weight is 380 g/mol. The van der Waals surface area contributed by atoms with Crippen molar-refractivity contribution in [2.45, 2.75) is 25.2 Å². The molecule has 0 unspecified atom stereocenters. The number of halogens is 1. The van der Waals surface area contributed by atoms with Gasteiger partial charge in [-0.25, -0.2) is 17.5 Å². The maximum absolute atomic E-state index is 13.1. The molecule has 2 N–H and O–H groups in total. The Kier molecular flexibility index (Phi) is 6.70. The monoisotopic (exact) mass is 380 g/mol. The topological polar surface area (TPSA) is 84.5 Å². The number of amides is 1. The van der Waals surface area contributed by atoms with Crippen LogP contribution in [-0.4, -0.2) is 27.5 Å². The highest BCUT2D eigenvalue weighted by molar-refractivity contribution is 7.89. The van der Waals surface area contributed by atoms with Crippen molar-refractivity contribution >= 4 is 21.6 Å². The number of carbonyl (C=O) groups excluding carboxylic acids is 1. The Morgan fingerprint density at radius 3 is 2.46 bits per heavy atom. The maximum atomic E-state index is 13.1. The Hall–Kier alpha value is -2.45. The molecule has 0 spiro atoms. The molecule has 0 bridgehead atoms. The van der Waals surface area contributed by atoms with E-state index in [1.807, 2.05) is 6.92 Å². The van der Waals surface area contributed by atoms with Gasteiger partial charge in [0.25, 0.3) is 0 Å². The third-order valence-electron chi connectivity index (χ3n) is 3.55. The van der Waals surface area contributed by atoms with E-state index < -0.39 is 10.0 Å². The van der Waals surface area contributed by atoms with Crippen molar-refractivity contribution < 1.29 is 22.3 Å². The minimum Gasteiger partial charge on any atom is -0.494 e. The summed E-state index contributed by atoms with van der Waals surface area (Å²) < 4.78 is 45.1. The number of hydrogen-bond donors (Lipinski definition) is 2. The van der Waals surface area contributed by atoms with Crippen LogP contribution in [0.1, 0.15) is 18.9 Å². The zero-order valence-electron chi connectivity index (χ0n) is 14.6. The molecule has 1 amide bonds. The summed E-state index contributed by atoms with van der Waals surface area (Å²) >= 11 is 0. The molecule has 0 aliphatic carbocycles. The fourth-order valence-corrected chi connectivity index (χ4v) is 3.28. The molecule has 0 aromatic heterocycles. The van der Waals surface area contributed by atoms with Gasteiger partial charge in [0, 0.05) is 18.7 Å². The Morgan fingerprint density at radius 2 is 1.85 bits per heavy atom. The second-order valence-electron chi connectivity index (χ2n) is 5.56. The van der Waals surface area contributed by atoms with Crippen molar-refractivity contribution in [2.75, 3.05) is 18.5 Å². The maximum Gasteiger partial charge on any atom is 0.240 e. The molecule has 26 heavy (non-hydrogen) atoms. The normalized spacial score (nSPS) is 11.2. The predicted octanol–water partition coefficient (Wildman–Crippen LogP) is 2.84. The standard InChI is InChI=1S/C18H21FN2O4S/c1-3-25-15-5-7-16(8-6-15)26(23,24)20-11-10-18(22)21-17-9-4-14(19)12-13(17)2/h4-9,12,20H,3,10-11H2,1-2H3,(H,21,22). The second kappa shape index (κ2) is 8.77. The minimum absolute atomic E-state index is 0.0485. The first-order valence-corrected chi connectivity index (χ1v) is 9.58. The van der Waals surface area contributed by atoms with E-state index >= 15 is 0 Å². The molecule has 0 atom stereocenters. The highest BCUT2D eigenvalue weighted by Gasteiger charge is 2.14. The molecule has 0 aliphatic heterocycles. The van der Waals surface area contributed by atoms with Gasteiger partial charge in [-0.05, 0) is 61.9 Å². The van der Waals surface area contributed by atoms with Crippen LogP contribution in [0, 0.1) is 12.7 Å². The third kappa shape index (κ3) is 5.53. The lowest BCUT2D eigenvalue weighted by atomic mass is 10.2. The first-order valence-electron chi connectivity index (χ1n) is 8.10. The quantitative estimate of drug-likeness (QED) is 0.738. The number of ether oxygens (including phenoxy) is 1. The van der Waals surface area contributed by atoms with E-state index in [1.54, 1.807) is 19.1 Å². The van der Waals surface area contributed by atoms with Gasteiger partial charge in [0.15, 0.2) is 0 Å². The van der Waals surface area contributed by atoms with Crippen LogP contribution >= 0.6 is 0 Å². The largest absolute Gasteiger partial charge is 0.494 e. The lowest BCUT2D eigenvalue weighted by Crippen LogP contribution is -2.28. The first-order chi connectivity index (χ1) is 12.3. The van der Waals surface area contributed by atoms with Crippen molar-refractivity contribution in [3.8, 4) is 5.75 Å². The average Bonchev–Trinajstić information content (AvgIpc) is 2.58. The Morgan fingerprint density at radius 1 is 1.15 bits per heavy atom. The number of rotatable bonds is 8. The van der Waals surface area contributed by atoms with Gasteiger partial charge in [-0.1, -0.05) is 0 Å². The van der Waals surface area contributed by atoms with Crippen LogP contribution in [0.4, 0.5) is 10.1 Å². The molecule has 0 radical (unpaired) electrons. The van der Waals surface area contributed by atoms with Crippen LogP contribution in [0.3, 0.4) is 0 Å². The Labute approximate surface area is 152 Å². The number of benzene rings is 2. The van der Waals surface area contributed by atoms with E-state index in [0.717, 1.165) is 0 Å². The number of aryl methyl sites for hydroxylation is 1. The summed E-state index contributed by atoms with van der Waals surface area (Å²) in [4.78, 5) is 12.0. The summed E-state index contributed by atoms with van der Waals surface area (Å²) in [6.45, 7) is 3.95. The molecule has 2 aromatic rings. The van der Waals surface area contributed by atoms with Gasteiger partial charge in [0.1, 0.15) is 11.6 Å². The fraction of sp³-hybridized carbons (Fsp3) is 0.278. The summed E-state index contributed by atoms with van der Waals surface area (Å²) in [7, 11) is -3.71. The smallest absolute Gasteiger partial charge is 0.240 e. The lowest BCUT2D eigenvalue weighted by Gasteiger charge is -2.10. The van der Waals surface area contributed by atoms with Crippen molar-refractivity contribution in [1.82, 2.24) is 4.72 Å². The zero-order valence-corrected chi connectivity index (χ0v) is 15.4. The zero-order chi connectivity index (χ0) is 19.2.